The van der Waals surface area contributed by atoms with Gasteiger partial charge in [0.25, 0.3) is 0 Å². The minimum Gasteiger partial charge on any atom is -0.467 e. The first-order valence-electron chi connectivity index (χ1n) is 9.20. The molecule has 0 aliphatic rings. The highest BCUT2D eigenvalue weighted by molar-refractivity contribution is 6.00. The predicted molar refractivity (Wildman–Crippen MR) is 108 cm³/mol. The van der Waals surface area contributed by atoms with E-state index in [1.807, 2.05) is 24.3 Å². The first kappa shape index (κ1) is 19.4. The van der Waals surface area contributed by atoms with Gasteiger partial charge in [-0.3, -0.25) is 4.79 Å². The third kappa shape index (κ3) is 4.88. The van der Waals surface area contributed by atoms with Gasteiger partial charge in [0.15, 0.2) is 12.4 Å². The molecule has 0 fully saturated rings. The number of para-hydroxylation sites is 1. The van der Waals surface area contributed by atoms with Crippen molar-refractivity contribution in [3.05, 3.63) is 89.4 Å². The number of anilines is 1. The summed E-state index contributed by atoms with van der Waals surface area (Å²) in [5, 5.41) is 3.15. The molecule has 0 saturated carbocycles. The molecule has 0 aliphatic heterocycles. The second-order valence-electron chi connectivity index (χ2n) is 6.75. The number of carbonyl (C=O) groups is 2. The van der Waals surface area contributed by atoms with E-state index >= 15 is 0 Å². The summed E-state index contributed by atoms with van der Waals surface area (Å²) in [5.41, 5.74) is 2.68. The van der Waals surface area contributed by atoms with E-state index in [0.717, 1.165) is 11.3 Å². The van der Waals surface area contributed by atoms with Crippen LogP contribution in [0.15, 0.2) is 71.3 Å². The Hall–Kier alpha value is -3.34. The van der Waals surface area contributed by atoms with Crippen molar-refractivity contribution in [3.8, 4) is 0 Å². The van der Waals surface area contributed by atoms with Crippen LogP contribution in [0.5, 0.6) is 0 Å². The molecule has 1 N–H and O–H groups in total. The number of ketones is 1. The fourth-order valence-electron chi connectivity index (χ4n) is 2.76. The number of Topliss-reactive ketones (excluding diaryl/α,β-unsaturated/α-hetero) is 1. The maximum absolute atomic E-state index is 12.5. The summed E-state index contributed by atoms with van der Waals surface area (Å²) in [6.45, 7) is 4.33. The van der Waals surface area contributed by atoms with Gasteiger partial charge in [-0.05, 0) is 35.7 Å². The Morgan fingerprint density at radius 2 is 1.75 bits per heavy atom. The van der Waals surface area contributed by atoms with E-state index in [0.29, 0.717) is 29.3 Å². The van der Waals surface area contributed by atoms with Crippen molar-refractivity contribution in [1.82, 2.24) is 0 Å². The highest BCUT2D eigenvalue weighted by atomic mass is 16.5. The fraction of sp³-hybridized carbons (Fsp3) is 0.217. The first-order valence-corrected chi connectivity index (χ1v) is 9.20. The largest absolute Gasteiger partial charge is 0.467 e. The van der Waals surface area contributed by atoms with Crippen molar-refractivity contribution in [2.24, 2.45) is 0 Å². The molecule has 0 radical (unpaired) electrons. The molecule has 3 aromatic rings. The molecule has 0 atom stereocenters. The molecular formula is C23H23NO4. The summed E-state index contributed by atoms with van der Waals surface area (Å²) in [6, 6.07) is 18.0. The smallest absolute Gasteiger partial charge is 0.340 e. The summed E-state index contributed by atoms with van der Waals surface area (Å²) < 4.78 is 10.5. The number of ether oxygens (including phenoxy) is 1. The van der Waals surface area contributed by atoms with E-state index in [1.165, 1.54) is 0 Å². The van der Waals surface area contributed by atoms with Crippen LogP contribution < -0.4 is 5.32 Å². The highest BCUT2D eigenvalue weighted by Crippen LogP contribution is 2.18. The molecule has 3 rings (SSSR count). The molecule has 1 heterocycles. The van der Waals surface area contributed by atoms with Crippen LogP contribution >= 0.6 is 0 Å². The summed E-state index contributed by atoms with van der Waals surface area (Å²) in [5.74, 6) is 0.370. The van der Waals surface area contributed by atoms with Crippen molar-refractivity contribution in [2.75, 3.05) is 11.9 Å². The first-order chi connectivity index (χ1) is 13.5. The normalized spacial score (nSPS) is 10.7. The number of carbonyl (C=O) groups excluding carboxylic acids is 2. The van der Waals surface area contributed by atoms with E-state index in [-0.39, 0.29) is 12.4 Å². The Balaban J connectivity index is 1.60. The Morgan fingerprint density at radius 1 is 1.00 bits per heavy atom. The average Bonchev–Trinajstić information content (AvgIpc) is 3.24. The van der Waals surface area contributed by atoms with Crippen LogP contribution in [0.4, 0.5) is 5.69 Å². The van der Waals surface area contributed by atoms with Crippen molar-refractivity contribution in [1.29, 1.82) is 0 Å². The van der Waals surface area contributed by atoms with Crippen molar-refractivity contribution >= 4 is 17.4 Å². The van der Waals surface area contributed by atoms with E-state index in [9.17, 15) is 9.59 Å². The van der Waals surface area contributed by atoms with Gasteiger partial charge in [-0.15, -0.1) is 0 Å². The number of nitrogens with one attached hydrogen (secondary N) is 1. The molecule has 144 valence electrons. The van der Waals surface area contributed by atoms with Gasteiger partial charge in [0, 0.05) is 11.3 Å². The summed E-state index contributed by atoms with van der Waals surface area (Å²) in [6.07, 6.45) is 1.59. The molecule has 0 bridgehead atoms. The zero-order valence-electron chi connectivity index (χ0n) is 16.0. The van der Waals surface area contributed by atoms with Crippen LogP contribution in [0.2, 0.25) is 0 Å². The molecule has 0 unspecified atom stereocenters. The third-order valence-corrected chi connectivity index (χ3v) is 4.41. The van der Waals surface area contributed by atoms with E-state index in [1.54, 1.807) is 42.7 Å². The Bertz CT molecular complexity index is 928. The second-order valence-corrected chi connectivity index (χ2v) is 6.75. The zero-order valence-corrected chi connectivity index (χ0v) is 16.0. The molecule has 0 spiro atoms. The van der Waals surface area contributed by atoms with Crippen LogP contribution in [0.1, 0.15) is 51.8 Å². The van der Waals surface area contributed by atoms with Crippen LogP contribution in [-0.4, -0.2) is 18.4 Å². The summed E-state index contributed by atoms with van der Waals surface area (Å²) in [4.78, 5) is 24.8. The zero-order chi connectivity index (χ0) is 19.9. The van der Waals surface area contributed by atoms with Crippen LogP contribution in [0.3, 0.4) is 0 Å². The lowest BCUT2D eigenvalue weighted by Gasteiger charge is -2.11. The van der Waals surface area contributed by atoms with Gasteiger partial charge in [0.2, 0.25) is 0 Å². The molecule has 5 nitrogen and oxygen atoms in total. The standard InChI is InChI=1S/C23H23NO4/c1-16(2)17-9-11-18(12-10-17)22(25)15-28-23(26)20-7-3-4-8-21(20)24-14-19-6-5-13-27-19/h3-13,16,24H,14-15H2,1-2H3. The maximum Gasteiger partial charge on any atom is 0.340 e. The number of esters is 1. The van der Waals surface area contributed by atoms with Crippen molar-refractivity contribution < 1.29 is 18.7 Å². The van der Waals surface area contributed by atoms with Crippen LogP contribution in [0.25, 0.3) is 0 Å². The second kappa shape index (κ2) is 9.04. The average molecular weight is 377 g/mol. The van der Waals surface area contributed by atoms with Crippen molar-refractivity contribution in [2.45, 2.75) is 26.3 Å². The summed E-state index contributed by atoms with van der Waals surface area (Å²) in [7, 11) is 0. The number of hydrogen-bond donors (Lipinski definition) is 1. The lowest BCUT2D eigenvalue weighted by Crippen LogP contribution is -2.15. The van der Waals surface area contributed by atoms with E-state index in [4.69, 9.17) is 9.15 Å². The molecule has 28 heavy (non-hydrogen) atoms. The van der Waals surface area contributed by atoms with Gasteiger partial charge in [0.1, 0.15) is 5.76 Å². The predicted octanol–water partition coefficient (Wildman–Crippen LogP) is 5.05. The van der Waals surface area contributed by atoms with Gasteiger partial charge in [0.05, 0.1) is 18.4 Å². The topological polar surface area (TPSA) is 68.5 Å². The molecule has 0 amide bonds. The van der Waals surface area contributed by atoms with E-state index in [2.05, 4.69) is 19.2 Å². The Kier molecular flexibility index (Phi) is 6.27. The molecule has 5 heteroatoms. The molecule has 0 aliphatic carbocycles. The highest BCUT2D eigenvalue weighted by Gasteiger charge is 2.15. The van der Waals surface area contributed by atoms with E-state index < -0.39 is 5.97 Å². The fourth-order valence-corrected chi connectivity index (χ4v) is 2.76. The van der Waals surface area contributed by atoms with Gasteiger partial charge in [-0.25, -0.2) is 4.79 Å². The molecule has 2 aromatic carbocycles. The van der Waals surface area contributed by atoms with Gasteiger partial charge >= 0.3 is 5.97 Å². The van der Waals surface area contributed by atoms with Gasteiger partial charge < -0.3 is 14.5 Å². The Labute approximate surface area is 164 Å². The van der Waals surface area contributed by atoms with Crippen molar-refractivity contribution in [3.63, 3.8) is 0 Å². The van der Waals surface area contributed by atoms with Gasteiger partial charge in [-0.1, -0.05) is 50.2 Å². The number of furan rings is 1. The molecular weight excluding hydrogens is 354 g/mol. The van der Waals surface area contributed by atoms with Crippen LogP contribution in [-0.2, 0) is 11.3 Å². The summed E-state index contributed by atoms with van der Waals surface area (Å²) >= 11 is 0. The molecule has 1 aromatic heterocycles. The minimum atomic E-state index is -0.547. The molecule has 0 saturated heterocycles. The quantitative estimate of drug-likeness (QED) is 0.439. The monoisotopic (exact) mass is 377 g/mol. The minimum absolute atomic E-state index is 0.232. The third-order valence-electron chi connectivity index (χ3n) is 4.41. The number of rotatable bonds is 8. The number of hydrogen-bond acceptors (Lipinski definition) is 5. The number of benzene rings is 2. The van der Waals surface area contributed by atoms with Crippen LogP contribution in [0, 0.1) is 0 Å². The lowest BCUT2D eigenvalue weighted by atomic mass is 10.0. The maximum atomic E-state index is 12.5. The van der Waals surface area contributed by atoms with Gasteiger partial charge in [-0.2, -0.15) is 0 Å². The lowest BCUT2D eigenvalue weighted by molar-refractivity contribution is 0.0475. The SMILES string of the molecule is CC(C)c1ccc(C(=O)COC(=O)c2ccccc2NCc2ccco2)cc1. The Morgan fingerprint density at radius 3 is 2.43 bits per heavy atom.